The maximum atomic E-state index is 13.1. The van der Waals surface area contributed by atoms with Crippen LogP contribution in [0.1, 0.15) is 23.6 Å². The molecule has 0 bridgehead atoms. The minimum Gasteiger partial charge on any atom is -0.505 e. The summed E-state index contributed by atoms with van der Waals surface area (Å²) in [5, 5.41) is 9.39. The number of carbonyl (C=O) groups is 1. The van der Waals surface area contributed by atoms with Crippen LogP contribution >= 0.6 is 0 Å². The van der Waals surface area contributed by atoms with Gasteiger partial charge in [-0.1, -0.05) is 0 Å². The van der Waals surface area contributed by atoms with Crippen LogP contribution in [0.15, 0.2) is 12.1 Å². The van der Waals surface area contributed by atoms with E-state index in [4.69, 9.17) is 5.73 Å². The second-order valence-corrected chi connectivity index (χ2v) is 3.74. The third-order valence-corrected chi connectivity index (χ3v) is 2.46. The van der Waals surface area contributed by atoms with Crippen molar-refractivity contribution in [3.05, 3.63) is 29.1 Å². The Bertz CT molecular complexity index is 488. The smallest absolute Gasteiger partial charge is 0.416 e. The van der Waals surface area contributed by atoms with Crippen molar-refractivity contribution in [3.63, 3.8) is 0 Å². The van der Waals surface area contributed by atoms with Gasteiger partial charge in [-0.3, -0.25) is 4.79 Å². The molecule has 0 spiro atoms. The second-order valence-electron chi connectivity index (χ2n) is 3.74. The average Bonchev–Trinajstić information content (AvgIpc) is 2.30. The molecule has 0 amide bonds. The summed E-state index contributed by atoms with van der Waals surface area (Å²) in [5.41, 5.74) is 3.26. The van der Waals surface area contributed by atoms with E-state index in [0.717, 1.165) is 7.11 Å². The number of esters is 1. The molecule has 1 atom stereocenters. The highest BCUT2D eigenvalue weighted by molar-refractivity contribution is 5.70. The number of phenolic OH excluding ortho intramolecular Hbond substituents is 1. The number of nitrogens with two attached hydrogens (primary N) is 1. The molecule has 0 aliphatic rings. The van der Waals surface area contributed by atoms with Crippen LogP contribution in [0.4, 0.5) is 17.6 Å². The molecule has 0 unspecified atom stereocenters. The van der Waals surface area contributed by atoms with Crippen molar-refractivity contribution in [3.8, 4) is 5.75 Å². The predicted octanol–water partition coefficient (Wildman–Crippen LogP) is 2.11. The van der Waals surface area contributed by atoms with Crippen molar-refractivity contribution < 1.29 is 32.2 Å². The third-order valence-electron chi connectivity index (χ3n) is 2.46. The Hall–Kier alpha value is -1.83. The van der Waals surface area contributed by atoms with Gasteiger partial charge in [0.2, 0.25) is 0 Å². The van der Waals surface area contributed by atoms with Crippen LogP contribution in [-0.4, -0.2) is 18.2 Å². The summed E-state index contributed by atoms with van der Waals surface area (Å²) in [6.07, 6.45) is -5.44. The van der Waals surface area contributed by atoms with Crippen LogP contribution in [-0.2, 0) is 15.7 Å². The van der Waals surface area contributed by atoms with Gasteiger partial charge in [0, 0.05) is 11.6 Å². The maximum Gasteiger partial charge on any atom is 0.416 e. The molecule has 106 valence electrons. The van der Waals surface area contributed by atoms with Gasteiger partial charge in [0.05, 0.1) is 19.1 Å². The van der Waals surface area contributed by atoms with E-state index in [-0.39, 0.29) is 0 Å². The highest BCUT2D eigenvalue weighted by atomic mass is 19.4. The van der Waals surface area contributed by atoms with Gasteiger partial charge >= 0.3 is 12.1 Å². The quantitative estimate of drug-likeness (QED) is 0.657. The second kappa shape index (κ2) is 5.43. The SMILES string of the molecule is COC(=O)C[C@@H](N)c1c(C(F)(F)F)ccc(F)c1O. The number of carbonyl (C=O) groups excluding carboxylic acids is 1. The number of phenols is 1. The molecule has 0 heterocycles. The molecule has 0 aliphatic carbocycles. The first-order valence-corrected chi connectivity index (χ1v) is 5.09. The summed E-state index contributed by atoms with van der Waals surface area (Å²) in [4.78, 5) is 11.0. The molecular weight excluding hydrogens is 270 g/mol. The molecule has 0 aliphatic heterocycles. The molecule has 8 heteroatoms. The highest BCUT2D eigenvalue weighted by Gasteiger charge is 2.37. The normalized spacial score (nSPS) is 13.2. The summed E-state index contributed by atoms with van der Waals surface area (Å²) in [5.74, 6) is -3.33. The molecule has 0 saturated carbocycles. The van der Waals surface area contributed by atoms with Crippen molar-refractivity contribution in [1.82, 2.24) is 0 Å². The molecule has 19 heavy (non-hydrogen) atoms. The molecule has 1 rings (SSSR count). The summed E-state index contributed by atoms with van der Waals surface area (Å²) in [6.45, 7) is 0. The Morgan fingerprint density at radius 3 is 2.53 bits per heavy atom. The standard InChI is InChI=1S/C11H11F4NO3/c1-19-8(17)4-7(16)9-5(11(13,14)15)2-3-6(12)10(9)18/h2-3,7,18H,4,16H2,1H3/t7-/m1/s1. The van der Waals surface area contributed by atoms with Crippen molar-refractivity contribution >= 4 is 5.97 Å². The zero-order valence-corrected chi connectivity index (χ0v) is 9.79. The van der Waals surface area contributed by atoms with Gasteiger partial charge in [-0.05, 0) is 12.1 Å². The lowest BCUT2D eigenvalue weighted by atomic mass is 9.96. The first kappa shape index (κ1) is 15.2. The van der Waals surface area contributed by atoms with Gasteiger partial charge in [0.15, 0.2) is 11.6 Å². The molecule has 0 aromatic heterocycles. The number of halogens is 4. The average molecular weight is 281 g/mol. The van der Waals surface area contributed by atoms with Crippen LogP contribution in [0.5, 0.6) is 5.75 Å². The molecule has 0 radical (unpaired) electrons. The maximum absolute atomic E-state index is 13.1. The van der Waals surface area contributed by atoms with E-state index >= 15 is 0 Å². The van der Waals surface area contributed by atoms with Gasteiger partial charge in [0.1, 0.15) is 0 Å². The van der Waals surface area contributed by atoms with Gasteiger partial charge < -0.3 is 15.6 Å². The van der Waals surface area contributed by atoms with Crippen LogP contribution < -0.4 is 5.73 Å². The topological polar surface area (TPSA) is 72.5 Å². The first-order chi connectivity index (χ1) is 8.68. The van der Waals surface area contributed by atoms with Crippen LogP contribution in [0.25, 0.3) is 0 Å². The lowest BCUT2D eigenvalue weighted by molar-refractivity contribution is -0.142. The van der Waals surface area contributed by atoms with Crippen molar-refractivity contribution in [2.75, 3.05) is 7.11 Å². The zero-order chi connectivity index (χ0) is 14.8. The van der Waals surface area contributed by atoms with Crippen molar-refractivity contribution in [1.29, 1.82) is 0 Å². The highest BCUT2D eigenvalue weighted by Crippen LogP contribution is 2.40. The van der Waals surface area contributed by atoms with E-state index < -0.39 is 47.3 Å². The Balaban J connectivity index is 3.30. The van der Waals surface area contributed by atoms with Gasteiger partial charge in [-0.25, -0.2) is 4.39 Å². The molecule has 3 N–H and O–H groups in total. The van der Waals surface area contributed by atoms with E-state index in [9.17, 15) is 27.5 Å². The van der Waals surface area contributed by atoms with E-state index in [2.05, 4.69) is 4.74 Å². The molecule has 1 aromatic rings. The van der Waals surface area contributed by atoms with Crippen LogP contribution in [0.3, 0.4) is 0 Å². The molecule has 4 nitrogen and oxygen atoms in total. The number of methoxy groups -OCH3 is 1. The van der Waals surface area contributed by atoms with E-state index in [0.29, 0.717) is 12.1 Å². The summed E-state index contributed by atoms with van der Waals surface area (Å²) < 4.78 is 55.6. The predicted molar refractivity (Wildman–Crippen MR) is 56.6 cm³/mol. The van der Waals surface area contributed by atoms with Crippen molar-refractivity contribution in [2.45, 2.75) is 18.6 Å². The van der Waals surface area contributed by atoms with E-state index in [1.807, 2.05) is 0 Å². The van der Waals surface area contributed by atoms with E-state index in [1.54, 1.807) is 0 Å². The number of hydrogen-bond donors (Lipinski definition) is 2. The minimum absolute atomic E-state index is 0.460. The minimum atomic E-state index is -4.83. The fourth-order valence-electron chi connectivity index (χ4n) is 1.57. The number of hydrogen-bond acceptors (Lipinski definition) is 4. The van der Waals surface area contributed by atoms with Gasteiger partial charge in [0.25, 0.3) is 0 Å². The largest absolute Gasteiger partial charge is 0.505 e. The zero-order valence-electron chi connectivity index (χ0n) is 9.79. The molecule has 1 aromatic carbocycles. The Morgan fingerprint density at radius 2 is 2.05 bits per heavy atom. The van der Waals surface area contributed by atoms with Gasteiger partial charge in [-0.2, -0.15) is 13.2 Å². The summed E-state index contributed by atoms with van der Waals surface area (Å²) >= 11 is 0. The van der Waals surface area contributed by atoms with Crippen LogP contribution in [0.2, 0.25) is 0 Å². The number of ether oxygens (including phenoxy) is 1. The third kappa shape index (κ3) is 3.34. The van der Waals surface area contributed by atoms with Crippen molar-refractivity contribution in [2.24, 2.45) is 5.73 Å². The number of benzene rings is 1. The summed E-state index contributed by atoms with van der Waals surface area (Å²) in [7, 11) is 1.03. The Kier molecular flexibility index (Phi) is 4.35. The van der Waals surface area contributed by atoms with Crippen LogP contribution in [0, 0.1) is 5.82 Å². The Labute approximate surface area is 105 Å². The lowest BCUT2D eigenvalue weighted by Crippen LogP contribution is -2.21. The molecule has 0 saturated heterocycles. The summed E-state index contributed by atoms with van der Waals surface area (Å²) in [6, 6.07) is -0.589. The Morgan fingerprint density at radius 1 is 1.47 bits per heavy atom. The number of alkyl halides is 3. The number of aromatic hydroxyl groups is 1. The lowest BCUT2D eigenvalue weighted by Gasteiger charge is -2.19. The fourth-order valence-corrected chi connectivity index (χ4v) is 1.57. The monoisotopic (exact) mass is 281 g/mol. The fraction of sp³-hybridized carbons (Fsp3) is 0.364. The molecular formula is C11H11F4NO3. The molecule has 0 fully saturated rings. The first-order valence-electron chi connectivity index (χ1n) is 5.09. The van der Waals surface area contributed by atoms with E-state index in [1.165, 1.54) is 0 Å². The number of rotatable bonds is 3. The van der Waals surface area contributed by atoms with Gasteiger partial charge in [-0.15, -0.1) is 0 Å².